The first-order chi connectivity index (χ1) is 22.6. The highest BCUT2D eigenvalue weighted by atomic mass is 14.7. The zero-order valence-electron chi connectivity index (χ0n) is 25.9. The van der Waals surface area contributed by atoms with Gasteiger partial charge in [0, 0.05) is 29.3 Å². The Bertz CT molecular complexity index is 2380. The number of hydrogen-bond donors (Lipinski definition) is 0. The fourth-order valence-electron chi connectivity index (χ4n) is 6.78. The van der Waals surface area contributed by atoms with Crippen LogP contribution in [0.5, 0.6) is 0 Å². The molecule has 0 aliphatic heterocycles. The topological polar surface area (TPSA) is 25.8 Å². The maximum absolute atomic E-state index is 4.48. The molecule has 0 bridgehead atoms. The van der Waals surface area contributed by atoms with Gasteiger partial charge in [-0.3, -0.25) is 9.97 Å². The lowest BCUT2D eigenvalue weighted by Crippen LogP contribution is -1.90. The van der Waals surface area contributed by atoms with Crippen LogP contribution in [0.25, 0.3) is 77.2 Å². The van der Waals surface area contributed by atoms with E-state index in [-0.39, 0.29) is 0 Å². The molecule has 6 aromatic carbocycles. The molecule has 0 N–H and O–H groups in total. The quantitative estimate of drug-likeness (QED) is 0.200. The minimum Gasteiger partial charge on any atom is -0.262 e. The van der Waals surface area contributed by atoms with Crippen LogP contribution < -0.4 is 0 Å². The standard InChI is InChI=1S/C44H32N2/c1-29-27-34(24-26-45-29)33-9-7-10-35(28-33)38-21-23-44(42-14-6-4-12-40(38)42)43-22-20-37(39-11-3-5-13-41(39)43)32-18-16-31(17-19-32)36-15-8-25-46-30(36)2/h3-28H,1-2H3. The maximum atomic E-state index is 4.48. The third kappa shape index (κ3) is 4.95. The molecule has 0 aliphatic rings. The average molecular weight is 589 g/mol. The summed E-state index contributed by atoms with van der Waals surface area (Å²) in [4.78, 5) is 8.86. The molecule has 2 aromatic heterocycles. The van der Waals surface area contributed by atoms with Crippen molar-refractivity contribution in [2.75, 3.05) is 0 Å². The summed E-state index contributed by atoms with van der Waals surface area (Å²) in [7, 11) is 0. The third-order valence-electron chi connectivity index (χ3n) is 9.06. The number of rotatable bonds is 5. The van der Waals surface area contributed by atoms with Gasteiger partial charge in [0.2, 0.25) is 0 Å². The molecule has 2 heterocycles. The van der Waals surface area contributed by atoms with Crippen LogP contribution in [0.15, 0.2) is 158 Å². The van der Waals surface area contributed by atoms with E-state index < -0.39 is 0 Å². The highest BCUT2D eigenvalue weighted by Crippen LogP contribution is 2.41. The first kappa shape index (κ1) is 27.7. The van der Waals surface area contributed by atoms with Gasteiger partial charge < -0.3 is 0 Å². The first-order valence-corrected chi connectivity index (χ1v) is 15.7. The molecule has 0 saturated heterocycles. The maximum Gasteiger partial charge on any atom is 0.0450 e. The van der Waals surface area contributed by atoms with Crippen molar-refractivity contribution in [1.82, 2.24) is 9.97 Å². The number of aromatic nitrogens is 2. The molecule has 218 valence electrons. The summed E-state index contributed by atoms with van der Waals surface area (Å²) >= 11 is 0. The van der Waals surface area contributed by atoms with Crippen molar-refractivity contribution in [3.63, 3.8) is 0 Å². The molecule has 0 atom stereocenters. The van der Waals surface area contributed by atoms with Crippen molar-refractivity contribution in [2.45, 2.75) is 13.8 Å². The van der Waals surface area contributed by atoms with Gasteiger partial charge in [0.15, 0.2) is 0 Å². The zero-order valence-corrected chi connectivity index (χ0v) is 25.9. The van der Waals surface area contributed by atoms with E-state index in [1.54, 1.807) is 0 Å². The van der Waals surface area contributed by atoms with Gasteiger partial charge in [-0.05, 0) is 110 Å². The van der Waals surface area contributed by atoms with Crippen LogP contribution in [-0.2, 0) is 0 Å². The van der Waals surface area contributed by atoms with Gasteiger partial charge in [-0.25, -0.2) is 0 Å². The van der Waals surface area contributed by atoms with Gasteiger partial charge in [-0.2, -0.15) is 0 Å². The van der Waals surface area contributed by atoms with Crippen LogP contribution in [0.1, 0.15) is 11.4 Å². The molecule has 8 rings (SSSR count). The average Bonchev–Trinajstić information content (AvgIpc) is 3.11. The largest absolute Gasteiger partial charge is 0.262 e. The van der Waals surface area contributed by atoms with Gasteiger partial charge in [0.1, 0.15) is 0 Å². The second-order valence-electron chi connectivity index (χ2n) is 11.9. The number of nitrogens with zero attached hydrogens (tertiary/aromatic N) is 2. The molecule has 8 aromatic rings. The molecule has 2 heteroatoms. The Kier molecular flexibility index (Phi) is 6.96. The Balaban J connectivity index is 1.23. The van der Waals surface area contributed by atoms with E-state index in [1.807, 2.05) is 25.4 Å². The van der Waals surface area contributed by atoms with Crippen LogP contribution >= 0.6 is 0 Å². The van der Waals surface area contributed by atoms with Gasteiger partial charge in [-0.15, -0.1) is 0 Å². The van der Waals surface area contributed by atoms with Crippen LogP contribution in [-0.4, -0.2) is 9.97 Å². The van der Waals surface area contributed by atoms with Gasteiger partial charge in [-0.1, -0.05) is 121 Å². The highest BCUT2D eigenvalue weighted by Gasteiger charge is 2.15. The summed E-state index contributed by atoms with van der Waals surface area (Å²) in [6.45, 7) is 4.10. The van der Waals surface area contributed by atoms with Gasteiger partial charge in [0.05, 0.1) is 0 Å². The van der Waals surface area contributed by atoms with Crippen molar-refractivity contribution in [3.05, 3.63) is 169 Å². The monoisotopic (exact) mass is 588 g/mol. The molecule has 0 unspecified atom stereocenters. The van der Waals surface area contributed by atoms with E-state index in [9.17, 15) is 0 Å². The summed E-state index contributed by atoms with van der Waals surface area (Å²) in [5.74, 6) is 0. The minimum atomic E-state index is 1.02. The van der Waals surface area contributed by atoms with Crippen LogP contribution in [0.4, 0.5) is 0 Å². The van der Waals surface area contributed by atoms with Gasteiger partial charge in [0.25, 0.3) is 0 Å². The van der Waals surface area contributed by atoms with Crippen LogP contribution in [0.3, 0.4) is 0 Å². The Hall–Kier alpha value is -5.86. The third-order valence-corrected chi connectivity index (χ3v) is 9.06. The lowest BCUT2D eigenvalue weighted by Gasteiger charge is -2.16. The Labute approximate surface area is 269 Å². The smallest absolute Gasteiger partial charge is 0.0450 e. The highest BCUT2D eigenvalue weighted by molar-refractivity contribution is 6.12. The second kappa shape index (κ2) is 11.6. The summed E-state index contributed by atoms with van der Waals surface area (Å²) in [5, 5.41) is 5.00. The SMILES string of the molecule is Cc1cc(-c2cccc(-c3ccc(-c4ccc(-c5ccc(-c6cccnc6C)cc5)c5ccccc45)c4ccccc34)c2)ccn1. The van der Waals surface area contributed by atoms with Crippen molar-refractivity contribution >= 4 is 21.5 Å². The summed E-state index contributed by atoms with van der Waals surface area (Å²) in [6, 6.07) is 52.8. The molecular formula is C44H32N2. The lowest BCUT2D eigenvalue weighted by molar-refractivity contribution is 1.20. The molecule has 0 aliphatic carbocycles. The number of benzene rings is 6. The molecule has 0 amide bonds. The predicted molar refractivity (Wildman–Crippen MR) is 194 cm³/mol. The minimum absolute atomic E-state index is 1.02. The van der Waals surface area contributed by atoms with E-state index >= 15 is 0 Å². The van der Waals surface area contributed by atoms with Crippen molar-refractivity contribution < 1.29 is 0 Å². The number of aryl methyl sites for hydroxylation is 2. The molecular weight excluding hydrogens is 556 g/mol. The van der Waals surface area contributed by atoms with Crippen molar-refractivity contribution in [3.8, 4) is 55.6 Å². The van der Waals surface area contributed by atoms with Crippen LogP contribution in [0, 0.1) is 13.8 Å². The first-order valence-electron chi connectivity index (χ1n) is 15.7. The number of fused-ring (bicyclic) bond motifs is 2. The second-order valence-corrected chi connectivity index (χ2v) is 11.9. The Morgan fingerprint density at radius 3 is 1.46 bits per heavy atom. The van der Waals surface area contributed by atoms with Crippen molar-refractivity contribution in [2.24, 2.45) is 0 Å². The predicted octanol–water partition coefficient (Wildman–Crippen LogP) is 11.7. The zero-order chi connectivity index (χ0) is 31.0. The van der Waals surface area contributed by atoms with E-state index in [2.05, 4.69) is 156 Å². The molecule has 2 nitrogen and oxygen atoms in total. The summed E-state index contributed by atoms with van der Waals surface area (Å²) in [5.41, 5.74) is 14.2. The van der Waals surface area contributed by atoms with Crippen LogP contribution in [0.2, 0.25) is 0 Å². The lowest BCUT2D eigenvalue weighted by atomic mass is 9.87. The Morgan fingerprint density at radius 2 is 0.848 bits per heavy atom. The van der Waals surface area contributed by atoms with Crippen molar-refractivity contribution in [1.29, 1.82) is 0 Å². The normalized spacial score (nSPS) is 11.3. The summed E-state index contributed by atoms with van der Waals surface area (Å²) < 4.78 is 0. The molecule has 0 radical (unpaired) electrons. The molecule has 46 heavy (non-hydrogen) atoms. The Morgan fingerprint density at radius 1 is 0.326 bits per heavy atom. The molecule has 0 fully saturated rings. The molecule has 0 spiro atoms. The van der Waals surface area contributed by atoms with Gasteiger partial charge >= 0.3 is 0 Å². The molecule has 0 saturated carbocycles. The van der Waals surface area contributed by atoms with E-state index in [4.69, 9.17) is 0 Å². The van der Waals surface area contributed by atoms with E-state index in [0.29, 0.717) is 0 Å². The number of hydrogen-bond acceptors (Lipinski definition) is 2. The van der Waals surface area contributed by atoms with E-state index in [1.165, 1.54) is 77.2 Å². The fraction of sp³-hybridized carbons (Fsp3) is 0.0455. The van der Waals surface area contributed by atoms with E-state index in [0.717, 1.165) is 11.4 Å². The summed E-state index contributed by atoms with van der Waals surface area (Å²) in [6.07, 6.45) is 3.73. The number of pyridine rings is 2. The fourth-order valence-corrected chi connectivity index (χ4v) is 6.78.